The second kappa shape index (κ2) is 4.70. The summed E-state index contributed by atoms with van der Waals surface area (Å²) in [7, 11) is 0. The van der Waals surface area contributed by atoms with Crippen LogP contribution in [0, 0.1) is 23.7 Å². The fourth-order valence-corrected chi connectivity index (χ4v) is 5.44. The molecule has 3 heteroatoms. The normalized spacial score (nSPS) is 40.8. The Morgan fingerprint density at radius 1 is 1.29 bits per heavy atom. The Morgan fingerprint density at radius 2 is 2.10 bits per heavy atom. The maximum Gasteiger partial charge on any atom is 0.138 e. The highest BCUT2D eigenvalue weighted by Gasteiger charge is 2.60. The van der Waals surface area contributed by atoms with E-state index in [4.69, 9.17) is 4.74 Å². The first-order valence-electron chi connectivity index (χ1n) is 8.42. The molecule has 3 aliphatic rings. The zero-order chi connectivity index (χ0) is 14.6. The molecule has 3 saturated carbocycles. The molecule has 0 aliphatic heterocycles. The largest absolute Gasteiger partial charge is 0.489 e. The number of aromatic nitrogens is 1. The van der Waals surface area contributed by atoms with E-state index in [0.29, 0.717) is 5.92 Å². The predicted octanol–water partition coefficient (Wildman–Crippen LogP) is 3.51. The third kappa shape index (κ3) is 2.01. The van der Waals surface area contributed by atoms with Crippen molar-refractivity contribution in [3.05, 3.63) is 24.0 Å². The average molecular weight is 287 g/mol. The number of fused-ring (bicyclic) bond motifs is 5. The van der Waals surface area contributed by atoms with Crippen molar-refractivity contribution in [3.63, 3.8) is 0 Å². The van der Waals surface area contributed by atoms with Crippen LogP contribution in [0.2, 0.25) is 0 Å². The van der Waals surface area contributed by atoms with Gasteiger partial charge < -0.3 is 9.84 Å². The van der Waals surface area contributed by atoms with Gasteiger partial charge in [-0.05, 0) is 69.3 Å². The molecule has 1 aromatic rings. The van der Waals surface area contributed by atoms with Gasteiger partial charge in [0.15, 0.2) is 0 Å². The van der Waals surface area contributed by atoms with E-state index in [2.05, 4.69) is 4.98 Å². The lowest BCUT2D eigenvalue weighted by Gasteiger charge is -2.39. The Kier molecular flexibility index (Phi) is 3.04. The van der Waals surface area contributed by atoms with Crippen molar-refractivity contribution in [2.45, 2.75) is 57.7 Å². The van der Waals surface area contributed by atoms with Crippen LogP contribution >= 0.6 is 0 Å². The molecule has 4 rings (SSSR count). The zero-order valence-electron chi connectivity index (χ0n) is 13.0. The highest BCUT2D eigenvalue weighted by Crippen LogP contribution is 2.65. The van der Waals surface area contributed by atoms with Crippen molar-refractivity contribution in [3.8, 4) is 5.75 Å². The molecular weight excluding hydrogens is 262 g/mol. The SMILES string of the molecule is CC(C)Oc1cncc(C2(O)CC3CC2C2CCCC32)c1. The van der Waals surface area contributed by atoms with Gasteiger partial charge in [-0.3, -0.25) is 4.98 Å². The summed E-state index contributed by atoms with van der Waals surface area (Å²) < 4.78 is 5.75. The Labute approximate surface area is 126 Å². The Balaban J connectivity index is 1.64. The van der Waals surface area contributed by atoms with Crippen LogP contribution in [-0.4, -0.2) is 16.2 Å². The number of rotatable bonds is 3. The molecule has 114 valence electrons. The van der Waals surface area contributed by atoms with Crippen molar-refractivity contribution in [2.24, 2.45) is 23.7 Å². The fraction of sp³-hybridized carbons (Fsp3) is 0.722. The maximum atomic E-state index is 11.4. The van der Waals surface area contributed by atoms with Gasteiger partial charge in [-0.2, -0.15) is 0 Å². The summed E-state index contributed by atoms with van der Waals surface area (Å²) in [6, 6.07) is 2.01. The van der Waals surface area contributed by atoms with Crippen molar-refractivity contribution < 1.29 is 9.84 Å². The topological polar surface area (TPSA) is 42.4 Å². The van der Waals surface area contributed by atoms with Crippen LogP contribution in [0.25, 0.3) is 0 Å². The van der Waals surface area contributed by atoms with Gasteiger partial charge in [-0.25, -0.2) is 0 Å². The molecule has 0 saturated heterocycles. The van der Waals surface area contributed by atoms with E-state index in [-0.39, 0.29) is 6.10 Å². The van der Waals surface area contributed by atoms with E-state index in [0.717, 1.165) is 35.5 Å². The molecule has 3 fully saturated rings. The lowest BCUT2D eigenvalue weighted by atomic mass is 9.70. The third-order valence-electron chi connectivity index (χ3n) is 6.08. The molecule has 0 amide bonds. The van der Waals surface area contributed by atoms with Gasteiger partial charge in [0.2, 0.25) is 0 Å². The Morgan fingerprint density at radius 3 is 2.90 bits per heavy atom. The lowest BCUT2D eigenvalue weighted by molar-refractivity contribution is -0.0516. The van der Waals surface area contributed by atoms with E-state index in [1.807, 2.05) is 26.1 Å². The summed E-state index contributed by atoms with van der Waals surface area (Å²) in [4.78, 5) is 4.31. The molecule has 3 nitrogen and oxygen atoms in total. The van der Waals surface area contributed by atoms with Crippen LogP contribution < -0.4 is 4.74 Å². The van der Waals surface area contributed by atoms with E-state index in [1.165, 1.54) is 25.7 Å². The Hall–Kier alpha value is -1.09. The molecule has 21 heavy (non-hydrogen) atoms. The number of hydrogen-bond donors (Lipinski definition) is 1. The molecule has 1 aromatic heterocycles. The number of ether oxygens (including phenoxy) is 1. The van der Waals surface area contributed by atoms with Gasteiger partial charge in [0.05, 0.1) is 17.9 Å². The van der Waals surface area contributed by atoms with Crippen molar-refractivity contribution in [1.29, 1.82) is 0 Å². The molecule has 2 bridgehead atoms. The molecular formula is C18H25NO2. The van der Waals surface area contributed by atoms with Crippen LogP contribution in [0.3, 0.4) is 0 Å². The van der Waals surface area contributed by atoms with Gasteiger partial charge in [0.1, 0.15) is 5.75 Å². The minimum atomic E-state index is -0.667. The third-order valence-corrected chi connectivity index (χ3v) is 6.08. The highest BCUT2D eigenvalue weighted by atomic mass is 16.5. The number of pyridine rings is 1. The van der Waals surface area contributed by atoms with Crippen molar-refractivity contribution >= 4 is 0 Å². The van der Waals surface area contributed by atoms with E-state index >= 15 is 0 Å². The summed E-state index contributed by atoms with van der Waals surface area (Å²) >= 11 is 0. The minimum absolute atomic E-state index is 0.135. The first-order chi connectivity index (χ1) is 10.1. The van der Waals surface area contributed by atoms with Crippen LogP contribution in [0.1, 0.15) is 51.5 Å². The number of hydrogen-bond acceptors (Lipinski definition) is 3. The second-order valence-electron chi connectivity index (χ2n) is 7.57. The summed E-state index contributed by atoms with van der Waals surface area (Å²) in [5, 5.41) is 11.4. The molecule has 0 spiro atoms. The van der Waals surface area contributed by atoms with Crippen molar-refractivity contribution in [2.75, 3.05) is 0 Å². The average Bonchev–Trinajstić information content (AvgIpc) is 3.09. The summed E-state index contributed by atoms with van der Waals surface area (Å²) in [5.41, 5.74) is 0.304. The summed E-state index contributed by atoms with van der Waals surface area (Å²) in [6.07, 6.45) is 9.91. The smallest absolute Gasteiger partial charge is 0.138 e. The molecule has 5 atom stereocenters. The van der Waals surface area contributed by atoms with Crippen LogP contribution in [0.15, 0.2) is 18.5 Å². The molecule has 1 N–H and O–H groups in total. The molecule has 3 aliphatic carbocycles. The zero-order valence-corrected chi connectivity index (χ0v) is 13.0. The minimum Gasteiger partial charge on any atom is -0.489 e. The predicted molar refractivity (Wildman–Crippen MR) is 80.9 cm³/mol. The first-order valence-corrected chi connectivity index (χ1v) is 8.42. The van der Waals surface area contributed by atoms with Gasteiger partial charge in [-0.1, -0.05) is 6.42 Å². The second-order valence-corrected chi connectivity index (χ2v) is 7.57. The quantitative estimate of drug-likeness (QED) is 0.925. The standard InChI is InChI=1S/C18H25NO2/c1-11(2)21-14-7-13(9-19-10-14)18(20)8-12-6-17(18)16-5-3-4-15(12)16/h7,9-12,15-17,20H,3-6,8H2,1-2H3. The maximum absolute atomic E-state index is 11.4. The summed E-state index contributed by atoms with van der Waals surface area (Å²) in [6.45, 7) is 4.03. The monoisotopic (exact) mass is 287 g/mol. The Bertz CT molecular complexity index is 544. The molecule has 1 heterocycles. The highest BCUT2D eigenvalue weighted by molar-refractivity contribution is 5.32. The van der Waals surface area contributed by atoms with Crippen LogP contribution in [0.5, 0.6) is 5.75 Å². The molecule has 0 radical (unpaired) electrons. The van der Waals surface area contributed by atoms with Gasteiger partial charge in [0, 0.05) is 11.8 Å². The van der Waals surface area contributed by atoms with Gasteiger partial charge in [-0.15, -0.1) is 0 Å². The van der Waals surface area contributed by atoms with Gasteiger partial charge >= 0.3 is 0 Å². The van der Waals surface area contributed by atoms with Gasteiger partial charge in [0.25, 0.3) is 0 Å². The van der Waals surface area contributed by atoms with E-state index < -0.39 is 5.60 Å². The number of nitrogens with zero attached hydrogens (tertiary/aromatic N) is 1. The van der Waals surface area contributed by atoms with Crippen molar-refractivity contribution in [1.82, 2.24) is 4.98 Å². The van der Waals surface area contributed by atoms with Crippen LogP contribution in [0.4, 0.5) is 0 Å². The molecule has 5 unspecified atom stereocenters. The van der Waals surface area contributed by atoms with E-state index in [9.17, 15) is 5.11 Å². The molecule has 0 aromatic carbocycles. The first kappa shape index (κ1) is 13.6. The number of aliphatic hydroxyl groups is 1. The lowest BCUT2D eigenvalue weighted by Crippen LogP contribution is -2.39. The van der Waals surface area contributed by atoms with E-state index in [1.54, 1.807) is 6.20 Å². The fourth-order valence-electron chi connectivity index (χ4n) is 5.44. The van der Waals surface area contributed by atoms with Crippen LogP contribution in [-0.2, 0) is 5.60 Å². The summed E-state index contributed by atoms with van der Waals surface area (Å²) in [5.74, 6) is 3.57.